The summed E-state index contributed by atoms with van der Waals surface area (Å²) in [6, 6.07) is 69.0. The minimum atomic E-state index is -5.07. The Morgan fingerprint density at radius 3 is 0.820 bits per heavy atom. The van der Waals surface area contributed by atoms with Gasteiger partial charge in [0, 0.05) is 44.5 Å². The van der Waals surface area contributed by atoms with Crippen molar-refractivity contribution in [2.24, 2.45) is 4.52 Å². The van der Waals surface area contributed by atoms with Crippen LogP contribution in [0.15, 0.2) is 199 Å². The molecule has 7 nitrogen and oxygen atoms in total. The van der Waals surface area contributed by atoms with Crippen molar-refractivity contribution in [3.05, 3.63) is 239 Å². The standard InChI is InChI=1S/C80H65NO6P2/c82-88(84-77-69(61-37-33-49-17-1-5-21-53(49)41-61)45-57-25-9-13-29-65(57)73(77)74-66-30-14-10-26-58(66)46-70(78(74)85-88)62-38-34-50-18-2-6-22-54(50)42-62)81-89(83)86-79-71(63-39-35-51-19-3-7-23-55(51)43-63)47-59-27-11-15-31-67(59)75(79)76-68-32-16-12-28-60(68)48-72(80(76)87-89)64-40-36-52-20-4-8-24-56(52)44-64/h1-8,17-24,33-48,82H,9-16,25-32H2. The van der Waals surface area contributed by atoms with Gasteiger partial charge in [-0.05, 0) is 261 Å². The highest BCUT2D eigenvalue weighted by Gasteiger charge is 2.47. The molecule has 0 saturated heterocycles. The molecule has 0 spiro atoms. The normalized spacial score (nSPS) is 16.7. The second-order valence-corrected chi connectivity index (χ2v) is 28.9. The molecule has 12 aromatic rings. The zero-order chi connectivity index (χ0) is 59.0. The van der Waals surface area contributed by atoms with Crippen LogP contribution < -0.4 is 18.1 Å². The maximum absolute atomic E-state index is 17.7. The molecular weight excluding hydrogens is 1130 g/mol. The summed E-state index contributed by atoms with van der Waals surface area (Å²) in [5, 5.41) is 8.82. The van der Waals surface area contributed by atoms with Crippen molar-refractivity contribution in [2.45, 2.75) is 103 Å². The van der Waals surface area contributed by atoms with Gasteiger partial charge in [0.1, 0.15) is 23.0 Å². The van der Waals surface area contributed by atoms with Crippen molar-refractivity contribution in [3.8, 4) is 89.8 Å². The first-order valence-corrected chi connectivity index (χ1v) is 35.3. The predicted octanol–water partition coefficient (Wildman–Crippen LogP) is 22.1. The molecule has 436 valence electrons. The minimum Gasteiger partial charge on any atom is -0.408 e. The van der Waals surface area contributed by atoms with Gasteiger partial charge in [-0.25, -0.2) is 4.57 Å². The van der Waals surface area contributed by atoms with Crippen molar-refractivity contribution >= 4 is 58.6 Å². The Kier molecular flexibility index (Phi) is 12.6. The van der Waals surface area contributed by atoms with Crippen LogP contribution in [-0.4, -0.2) is 4.89 Å². The lowest BCUT2D eigenvalue weighted by molar-refractivity contribution is 0.360. The zero-order valence-electron chi connectivity index (χ0n) is 49.6. The first kappa shape index (κ1) is 53.3. The first-order valence-electron chi connectivity index (χ1n) is 32.2. The van der Waals surface area contributed by atoms with E-state index in [0.717, 1.165) is 213 Å². The van der Waals surface area contributed by atoms with Crippen molar-refractivity contribution in [2.75, 3.05) is 0 Å². The van der Waals surface area contributed by atoms with E-state index in [1.165, 1.54) is 44.5 Å². The average Bonchev–Trinajstić information content (AvgIpc) is 1.69. The van der Waals surface area contributed by atoms with Crippen LogP contribution in [0.1, 0.15) is 95.9 Å². The molecule has 89 heavy (non-hydrogen) atoms. The molecule has 9 heteroatoms. The Morgan fingerprint density at radius 1 is 0.292 bits per heavy atom. The maximum Gasteiger partial charge on any atom is 0.569 e. The Balaban J connectivity index is 0.952. The van der Waals surface area contributed by atoms with E-state index < -0.39 is 15.5 Å². The van der Waals surface area contributed by atoms with Crippen molar-refractivity contribution in [3.63, 3.8) is 0 Å². The zero-order valence-corrected chi connectivity index (χ0v) is 51.4. The highest BCUT2D eigenvalue weighted by molar-refractivity contribution is 7.64. The second-order valence-electron chi connectivity index (χ2n) is 25.6. The Morgan fingerprint density at radius 2 is 0.539 bits per heavy atom. The maximum atomic E-state index is 17.7. The molecule has 2 heterocycles. The van der Waals surface area contributed by atoms with Gasteiger partial charge in [-0.15, -0.1) is 0 Å². The van der Waals surface area contributed by atoms with Crippen LogP contribution in [0.25, 0.3) is 110 Å². The molecule has 2 aliphatic heterocycles. The summed E-state index contributed by atoms with van der Waals surface area (Å²) >= 11 is 0. The third kappa shape index (κ3) is 9.01. The molecule has 6 aliphatic rings. The third-order valence-electron chi connectivity index (χ3n) is 20.2. The van der Waals surface area contributed by atoms with Crippen LogP contribution >= 0.6 is 15.5 Å². The number of fused-ring (bicyclic) bond motifs is 18. The van der Waals surface area contributed by atoms with Gasteiger partial charge in [-0.3, -0.25) is 4.89 Å². The summed E-state index contributed by atoms with van der Waals surface area (Å²) in [5.74, 6) is 1.83. The van der Waals surface area contributed by atoms with Crippen LogP contribution in [0.2, 0.25) is 0 Å². The number of benzene rings is 12. The summed E-state index contributed by atoms with van der Waals surface area (Å²) in [6.07, 6.45) is 15.1. The molecule has 12 aromatic carbocycles. The van der Waals surface area contributed by atoms with Crippen molar-refractivity contribution in [1.82, 2.24) is 0 Å². The molecule has 4 aliphatic carbocycles. The van der Waals surface area contributed by atoms with Crippen molar-refractivity contribution in [1.29, 1.82) is 0 Å². The van der Waals surface area contributed by atoms with Gasteiger partial charge in [0.2, 0.25) is 0 Å². The van der Waals surface area contributed by atoms with Gasteiger partial charge < -0.3 is 18.1 Å². The van der Waals surface area contributed by atoms with E-state index in [4.69, 9.17) is 22.6 Å². The SMILES string of the molecule is O=P1(N=P2(O)Oc3c(-c4ccc5ccccc5c4)cc4c(c3-c3c5c(cc(-c6ccc7ccccc7c6)c3O2)CCCC5)CCCC4)Oc2c(-c3ccc4ccccc4c3)cc3c(c2-c2c4c(cc(-c5ccc6ccccc6c5)c2O1)CCCC4)CCCC3. The molecule has 0 unspecified atom stereocenters. The molecular formula is C80H65NO6P2. The summed E-state index contributed by atoms with van der Waals surface area (Å²) in [6.45, 7) is 0. The van der Waals surface area contributed by atoms with E-state index in [-0.39, 0.29) is 0 Å². The molecule has 18 rings (SSSR count). The summed E-state index contributed by atoms with van der Waals surface area (Å²) in [5.41, 5.74) is 20.5. The fourth-order valence-electron chi connectivity index (χ4n) is 16.0. The molecule has 1 N–H and O–H groups in total. The van der Waals surface area contributed by atoms with Gasteiger partial charge in [0.25, 0.3) is 0 Å². The van der Waals surface area contributed by atoms with Gasteiger partial charge in [-0.2, -0.15) is 0 Å². The van der Waals surface area contributed by atoms with Gasteiger partial charge in [-0.1, -0.05) is 150 Å². The minimum absolute atomic E-state index is 0.439. The van der Waals surface area contributed by atoms with Crippen LogP contribution in [0.4, 0.5) is 0 Å². The van der Waals surface area contributed by atoms with E-state index in [2.05, 4.69) is 194 Å². The molecule has 0 amide bonds. The lowest BCUT2D eigenvalue weighted by Crippen LogP contribution is -2.10. The average molecular weight is 1200 g/mol. The number of hydrogen-bond donors (Lipinski definition) is 1. The van der Waals surface area contributed by atoms with E-state index in [9.17, 15) is 4.89 Å². The van der Waals surface area contributed by atoms with E-state index >= 15 is 4.57 Å². The highest BCUT2D eigenvalue weighted by atomic mass is 31.2. The number of rotatable bonds is 5. The largest absolute Gasteiger partial charge is 0.569 e. The Labute approximate surface area is 518 Å². The summed E-state index contributed by atoms with van der Waals surface area (Å²) in [4.78, 5) is 14.5. The van der Waals surface area contributed by atoms with Crippen LogP contribution in [-0.2, 0) is 55.9 Å². The molecule has 0 fully saturated rings. The number of hydrogen-bond acceptors (Lipinski definition) is 5. The molecule has 0 radical (unpaired) electrons. The smallest absolute Gasteiger partial charge is 0.408 e. The Bertz CT molecular complexity index is 4830. The highest BCUT2D eigenvalue weighted by Crippen LogP contribution is 2.71. The first-order chi connectivity index (χ1) is 43.8. The van der Waals surface area contributed by atoms with Gasteiger partial charge in [0.15, 0.2) is 0 Å². The third-order valence-corrected chi connectivity index (χ3v) is 23.7. The van der Waals surface area contributed by atoms with Gasteiger partial charge >= 0.3 is 15.5 Å². The van der Waals surface area contributed by atoms with E-state index in [1.807, 2.05) is 0 Å². The topological polar surface area (TPSA) is 86.6 Å². The van der Waals surface area contributed by atoms with Crippen LogP contribution in [0.5, 0.6) is 23.0 Å². The quantitative estimate of drug-likeness (QED) is 0.173. The lowest BCUT2D eigenvalue weighted by atomic mass is 9.77. The number of aryl methyl sites for hydroxylation is 4. The predicted molar refractivity (Wildman–Crippen MR) is 364 cm³/mol. The van der Waals surface area contributed by atoms with E-state index in [1.54, 1.807) is 0 Å². The molecule has 0 saturated carbocycles. The van der Waals surface area contributed by atoms with Crippen LogP contribution in [0.3, 0.4) is 0 Å². The van der Waals surface area contributed by atoms with Crippen molar-refractivity contribution < 1.29 is 27.6 Å². The molecule has 0 atom stereocenters. The van der Waals surface area contributed by atoms with Gasteiger partial charge in [0.05, 0.1) is 0 Å². The van der Waals surface area contributed by atoms with E-state index in [0.29, 0.717) is 23.0 Å². The summed E-state index contributed by atoms with van der Waals surface area (Å²) in [7, 11) is -9.96. The fourth-order valence-corrected chi connectivity index (χ4v) is 19.4. The molecule has 0 aromatic heterocycles. The molecule has 0 bridgehead atoms. The lowest BCUT2D eigenvalue weighted by Gasteiger charge is -2.28. The number of nitrogens with zero attached hydrogens (tertiary/aromatic N) is 1. The Hall–Kier alpha value is -8.70. The van der Waals surface area contributed by atoms with Crippen LogP contribution in [0, 0.1) is 0 Å². The summed E-state index contributed by atoms with van der Waals surface area (Å²) < 4.78 is 53.2. The fraction of sp³-hybridized carbons (Fsp3) is 0.200. The monoisotopic (exact) mass is 1200 g/mol. The second kappa shape index (κ2) is 21.0.